The molecule has 3 N–H and O–H groups in total. The molecule has 0 bridgehead atoms. The monoisotopic (exact) mass is 319 g/mol. The topological polar surface area (TPSA) is 84.7 Å². The molecule has 6 heteroatoms. The highest BCUT2D eigenvalue weighted by Crippen LogP contribution is 2.30. The second-order valence-electron chi connectivity index (χ2n) is 6.81. The van der Waals surface area contributed by atoms with Gasteiger partial charge in [-0.25, -0.2) is 4.79 Å². The van der Waals surface area contributed by atoms with Crippen LogP contribution in [0.4, 0.5) is 4.79 Å². The molecule has 1 aromatic carbocycles. The first kappa shape index (κ1) is 17.3. The number of carbonyl (C=O) groups excluding carboxylic acids is 2. The minimum absolute atomic E-state index is 0.172. The zero-order valence-electron chi connectivity index (χ0n) is 14.2. The molecule has 126 valence electrons. The maximum Gasteiger partial charge on any atom is 0.325 e. The van der Waals surface area contributed by atoms with Crippen molar-refractivity contribution in [2.75, 3.05) is 13.2 Å². The minimum atomic E-state index is -1.08. The molecule has 0 aliphatic carbocycles. The Hall–Kier alpha value is -2.08. The van der Waals surface area contributed by atoms with Crippen LogP contribution >= 0.6 is 0 Å². The largest absolute Gasteiger partial charge is 0.494 e. The smallest absolute Gasteiger partial charge is 0.325 e. The van der Waals surface area contributed by atoms with Gasteiger partial charge in [-0.05, 0) is 44.9 Å². The van der Waals surface area contributed by atoms with Crippen molar-refractivity contribution in [1.82, 2.24) is 10.2 Å². The average Bonchev–Trinajstić information content (AvgIpc) is 2.69. The summed E-state index contributed by atoms with van der Waals surface area (Å²) >= 11 is 0. The fourth-order valence-corrected chi connectivity index (χ4v) is 2.55. The van der Waals surface area contributed by atoms with E-state index < -0.39 is 17.1 Å². The van der Waals surface area contributed by atoms with Crippen molar-refractivity contribution in [3.05, 3.63) is 29.8 Å². The Balaban J connectivity index is 2.21. The summed E-state index contributed by atoms with van der Waals surface area (Å²) in [5.74, 6) is 0.458. The molecule has 1 fully saturated rings. The molecule has 1 aliphatic heterocycles. The van der Waals surface area contributed by atoms with Crippen molar-refractivity contribution in [3.8, 4) is 5.75 Å². The maximum absolute atomic E-state index is 12.7. The van der Waals surface area contributed by atoms with Crippen molar-refractivity contribution < 1.29 is 14.3 Å². The lowest BCUT2D eigenvalue weighted by Gasteiger charge is -2.26. The molecular formula is C17H25N3O3. The first-order chi connectivity index (χ1) is 10.7. The van der Waals surface area contributed by atoms with Gasteiger partial charge >= 0.3 is 6.03 Å². The molecule has 23 heavy (non-hydrogen) atoms. The Bertz CT molecular complexity index is 592. The van der Waals surface area contributed by atoms with Gasteiger partial charge in [0, 0.05) is 12.1 Å². The van der Waals surface area contributed by atoms with Gasteiger partial charge in [-0.3, -0.25) is 9.69 Å². The van der Waals surface area contributed by atoms with Crippen LogP contribution in [0.15, 0.2) is 24.3 Å². The molecular weight excluding hydrogens is 294 g/mol. The number of carbonyl (C=O) groups is 2. The molecule has 1 unspecified atom stereocenters. The molecule has 0 aromatic heterocycles. The van der Waals surface area contributed by atoms with E-state index in [1.165, 1.54) is 4.90 Å². The van der Waals surface area contributed by atoms with Crippen molar-refractivity contribution in [1.29, 1.82) is 0 Å². The van der Waals surface area contributed by atoms with Crippen LogP contribution in [-0.4, -0.2) is 35.5 Å². The summed E-state index contributed by atoms with van der Waals surface area (Å²) in [6.07, 6.45) is 0.928. The third-order valence-corrected chi connectivity index (χ3v) is 3.75. The van der Waals surface area contributed by atoms with Crippen LogP contribution in [0, 0.1) is 0 Å². The zero-order chi connectivity index (χ0) is 17.3. The Morgan fingerprint density at radius 2 is 1.87 bits per heavy atom. The molecule has 0 saturated carbocycles. The van der Waals surface area contributed by atoms with Crippen molar-refractivity contribution in [3.63, 3.8) is 0 Å². The number of rotatable bonds is 6. The molecule has 1 heterocycles. The number of hydrogen-bond donors (Lipinski definition) is 2. The summed E-state index contributed by atoms with van der Waals surface area (Å²) in [5, 5.41) is 2.77. The Morgan fingerprint density at radius 3 is 2.39 bits per heavy atom. The molecule has 1 saturated heterocycles. The predicted octanol–water partition coefficient (Wildman–Crippen LogP) is 1.98. The van der Waals surface area contributed by atoms with Crippen LogP contribution in [0.1, 0.15) is 39.7 Å². The first-order valence-corrected chi connectivity index (χ1v) is 7.84. The van der Waals surface area contributed by atoms with Crippen LogP contribution in [0.3, 0.4) is 0 Å². The highest BCUT2D eigenvalue weighted by atomic mass is 16.5. The summed E-state index contributed by atoms with van der Waals surface area (Å²) in [7, 11) is 0. The highest BCUT2D eigenvalue weighted by molar-refractivity contribution is 6.07. The van der Waals surface area contributed by atoms with E-state index in [9.17, 15) is 9.59 Å². The van der Waals surface area contributed by atoms with Gasteiger partial charge in [-0.15, -0.1) is 0 Å². The van der Waals surface area contributed by atoms with Gasteiger partial charge in [0.15, 0.2) is 0 Å². The molecule has 0 radical (unpaired) electrons. The van der Waals surface area contributed by atoms with E-state index in [0.29, 0.717) is 6.61 Å². The van der Waals surface area contributed by atoms with Gasteiger partial charge in [0.2, 0.25) is 0 Å². The highest BCUT2D eigenvalue weighted by Gasteiger charge is 2.49. The fourth-order valence-electron chi connectivity index (χ4n) is 2.55. The molecule has 1 aromatic rings. The second kappa shape index (κ2) is 6.20. The van der Waals surface area contributed by atoms with Gasteiger partial charge in [0.25, 0.3) is 5.91 Å². The molecule has 1 aliphatic rings. The van der Waals surface area contributed by atoms with Crippen LogP contribution in [0.25, 0.3) is 0 Å². The van der Waals surface area contributed by atoms with E-state index >= 15 is 0 Å². The second-order valence-corrected chi connectivity index (χ2v) is 6.81. The zero-order valence-corrected chi connectivity index (χ0v) is 14.2. The number of nitrogens with one attached hydrogen (secondary N) is 1. The minimum Gasteiger partial charge on any atom is -0.494 e. The van der Waals surface area contributed by atoms with Crippen molar-refractivity contribution >= 4 is 11.9 Å². The van der Waals surface area contributed by atoms with E-state index in [0.717, 1.165) is 17.7 Å². The predicted molar refractivity (Wildman–Crippen MR) is 88.1 cm³/mol. The van der Waals surface area contributed by atoms with E-state index in [2.05, 4.69) is 5.32 Å². The Kier molecular flexibility index (Phi) is 4.66. The van der Waals surface area contributed by atoms with Gasteiger partial charge in [0.1, 0.15) is 11.3 Å². The average molecular weight is 319 g/mol. The van der Waals surface area contributed by atoms with E-state index in [-0.39, 0.29) is 12.5 Å². The summed E-state index contributed by atoms with van der Waals surface area (Å²) in [4.78, 5) is 26.1. The van der Waals surface area contributed by atoms with Crippen LogP contribution < -0.4 is 15.8 Å². The van der Waals surface area contributed by atoms with E-state index in [4.69, 9.17) is 10.5 Å². The molecule has 1 atom stereocenters. The van der Waals surface area contributed by atoms with Crippen molar-refractivity contribution in [2.24, 2.45) is 5.73 Å². The summed E-state index contributed by atoms with van der Waals surface area (Å²) < 4.78 is 5.54. The number of urea groups is 1. The summed E-state index contributed by atoms with van der Waals surface area (Å²) in [6, 6.07) is 6.82. The fraction of sp³-hybridized carbons (Fsp3) is 0.529. The number of nitrogens with two attached hydrogens (primary N) is 1. The van der Waals surface area contributed by atoms with Gasteiger partial charge < -0.3 is 15.8 Å². The standard InChI is InChI=1S/C17H25N3O3/c1-5-10-23-13-8-6-12(7-9-13)17(4)14(21)20(15(22)19-17)11-16(2,3)18/h6-9H,5,10-11,18H2,1-4H3,(H,19,22). The van der Waals surface area contributed by atoms with Crippen LogP contribution in [0.2, 0.25) is 0 Å². The SMILES string of the molecule is CCCOc1ccc(C2(C)NC(=O)N(CC(C)(C)N)C2=O)cc1. The lowest BCUT2D eigenvalue weighted by Crippen LogP contribution is -2.48. The number of benzene rings is 1. The van der Waals surface area contributed by atoms with Crippen LogP contribution in [-0.2, 0) is 10.3 Å². The number of nitrogens with zero attached hydrogens (tertiary/aromatic N) is 1. The number of ether oxygens (including phenoxy) is 1. The molecule has 3 amide bonds. The normalized spacial score (nSPS) is 21.5. The van der Waals surface area contributed by atoms with Gasteiger partial charge in [-0.1, -0.05) is 19.1 Å². The van der Waals surface area contributed by atoms with Gasteiger partial charge in [0.05, 0.1) is 6.61 Å². The quantitative estimate of drug-likeness (QED) is 0.785. The first-order valence-electron chi connectivity index (χ1n) is 7.84. The third-order valence-electron chi connectivity index (χ3n) is 3.75. The lowest BCUT2D eigenvalue weighted by atomic mass is 9.91. The van der Waals surface area contributed by atoms with Crippen molar-refractivity contribution in [2.45, 2.75) is 45.2 Å². The molecule has 0 spiro atoms. The Morgan fingerprint density at radius 1 is 1.26 bits per heavy atom. The number of hydrogen-bond acceptors (Lipinski definition) is 4. The molecule has 2 rings (SSSR count). The van der Waals surface area contributed by atoms with Gasteiger partial charge in [-0.2, -0.15) is 0 Å². The third kappa shape index (κ3) is 3.64. The molecule has 6 nitrogen and oxygen atoms in total. The van der Waals surface area contributed by atoms with E-state index in [1.807, 2.05) is 19.1 Å². The summed E-state index contributed by atoms with van der Waals surface area (Å²) in [5.41, 5.74) is 4.94. The van der Waals surface area contributed by atoms with E-state index in [1.54, 1.807) is 32.9 Å². The number of amides is 3. The number of imide groups is 1. The summed E-state index contributed by atoms with van der Waals surface area (Å²) in [6.45, 7) is 8.12. The maximum atomic E-state index is 12.7. The van der Waals surface area contributed by atoms with Crippen LogP contribution in [0.5, 0.6) is 5.75 Å². The Labute approximate surface area is 137 Å². The lowest BCUT2D eigenvalue weighted by molar-refractivity contribution is -0.131.